The summed E-state index contributed by atoms with van der Waals surface area (Å²) in [5, 5.41) is 3.08. The van der Waals surface area contributed by atoms with Gasteiger partial charge in [-0.15, -0.1) is 22.9 Å². The molecule has 0 saturated carbocycles. The highest BCUT2D eigenvalue weighted by molar-refractivity contribution is 7.13. The largest absolute Gasteiger partial charge is 0.304 e. The Hall–Kier alpha value is -0.940. The van der Waals surface area contributed by atoms with Gasteiger partial charge in [-0.3, -0.25) is 4.90 Å². The number of halogens is 1. The Morgan fingerprint density at radius 2 is 1.86 bits per heavy atom. The van der Waals surface area contributed by atoms with Crippen LogP contribution in [0, 0.1) is 0 Å². The molecule has 2 heterocycles. The monoisotopic (exact) mass is 321 g/mol. The average Bonchev–Trinajstić information content (AvgIpc) is 2.99. The molecule has 1 saturated heterocycles. The fraction of sp³-hybridized carbons (Fsp3) is 0.438. The summed E-state index contributed by atoms with van der Waals surface area (Å²) >= 11 is 7.46. The van der Waals surface area contributed by atoms with Gasteiger partial charge in [-0.2, -0.15) is 0 Å². The van der Waals surface area contributed by atoms with Crippen molar-refractivity contribution in [2.75, 3.05) is 33.2 Å². The molecule has 0 N–H and O–H groups in total. The van der Waals surface area contributed by atoms with Crippen LogP contribution in [0.25, 0.3) is 10.6 Å². The van der Waals surface area contributed by atoms with Crippen molar-refractivity contribution in [3.63, 3.8) is 0 Å². The van der Waals surface area contributed by atoms with E-state index in [1.807, 2.05) is 5.38 Å². The van der Waals surface area contributed by atoms with E-state index in [2.05, 4.69) is 46.1 Å². The summed E-state index contributed by atoms with van der Waals surface area (Å²) in [6.07, 6.45) is 0. The van der Waals surface area contributed by atoms with Gasteiger partial charge in [-0.25, -0.2) is 4.98 Å². The summed E-state index contributed by atoms with van der Waals surface area (Å²) in [6, 6.07) is 8.77. The number of alkyl halides is 1. The van der Waals surface area contributed by atoms with Crippen LogP contribution in [0.15, 0.2) is 29.6 Å². The highest BCUT2D eigenvalue weighted by Gasteiger charge is 2.13. The second kappa shape index (κ2) is 6.88. The molecule has 1 aromatic heterocycles. The predicted octanol–water partition coefficient (Wildman–Crippen LogP) is 3.30. The van der Waals surface area contributed by atoms with E-state index in [0.717, 1.165) is 30.3 Å². The Labute approximate surface area is 135 Å². The van der Waals surface area contributed by atoms with Gasteiger partial charge in [-0.1, -0.05) is 24.3 Å². The van der Waals surface area contributed by atoms with Crippen LogP contribution in [0.1, 0.15) is 11.3 Å². The standard InChI is InChI=1S/C16H20ClN3S/c1-19-6-8-20(9-7-19)11-13-2-4-14(5-3-13)16-18-15(10-17)12-21-16/h2-5,12H,6-11H2,1H3. The Kier molecular flexibility index (Phi) is 4.91. The van der Waals surface area contributed by atoms with Crippen molar-refractivity contribution in [2.45, 2.75) is 12.4 Å². The molecule has 21 heavy (non-hydrogen) atoms. The first-order valence-electron chi connectivity index (χ1n) is 7.25. The minimum atomic E-state index is 0.484. The van der Waals surface area contributed by atoms with Gasteiger partial charge in [0, 0.05) is 43.7 Å². The van der Waals surface area contributed by atoms with E-state index in [0.29, 0.717) is 5.88 Å². The SMILES string of the molecule is CN1CCN(Cc2ccc(-c3nc(CCl)cs3)cc2)CC1. The van der Waals surface area contributed by atoms with Crippen molar-refractivity contribution in [1.82, 2.24) is 14.8 Å². The number of hydrogen-bond donors (Lipinski definition) is 0. The van der Waals surface area contributed by atoms with Crippen molar-refractivity contribution in [1.29, 1.82) is 0 Å². The summed E-state index contributed by atoms with van der Waals surface area (Å²) in [5.41, 5.74) is 3.51. The van der Waals surface area contributed by atoms with Gasteiger partial charge in [-0.05, 0) is 12.6 Å². The molecule has 0 bridgehead atoms. The third kappa shape index (κ3) is 3.83. The molecule has 0 radical (unpaired) electrons. The van der Waals surface area contributed by atoms with Gasteiger partial charge in [0.25, 0.3) is 0 Å². The summed E-state index contributed by atoms with van der Waals surface area (Å²) in [7, 11) is 2.19. The van der Waals surface area contributed by atoms with Gasteiger partial charge >= 0.3 is 0 Å². The van der Waals surface area contributed by atoms with Crippen LogP contribution >= 0.6 is 22.9 Å². The van der Waals surface area contributed by atoms with Crippen molar-refractivity contribution >= 4 is 22.9 Å². The maximum absolute atomic E-state index is 5.81. The lowest BCUT2D eigenvalue weighted by molar-refractivity contribution is 0.148. The second-order valence-electron chi connectivity index (χ2n) is 5.55. The number of rotatable bonds is 4. The molecule has 2 aromatic rings. The van der Waals surface area contributed by atoms with E-state index < -0.39 is 0 Å². The van der Waals surface area contributed by atoms with Crippen LogP contribution in [0.5, 0.6) is 0 Å². The van der Waals surface area contributed by atoms with Crippen LogP contribution in [0.3, 0.4) is 0 Å². The highest BCUT2D eigenvalue weighted by atomic mass is 35.5. The van der Waals surface area contributed by atoms with Crippen molar-refractivity contribution in [3.05, 3.63) is 40.9 Å². The van der Waals surface area contributed by atoms with Gasteiger partial charge in [0.05, 0.1) is 11.6 Å². The van der Waals surface area contributed by atoms with Gasteiger partial charge in [0.15, 0.2) is 0 Å². The van der Waals surface area contributed by atoms with Crippen molar-refractivity contribution in [3.8, 4) is 10.6 Å². The average molecular weight is 322 g/mol. The quantitative estimate of drug-likeness (QED) is 0.806. The fourth-order valence-corrected chi connectivity index (χ4v) is 3.57. The normalized spacial score (nSPS) is 17.2. The Balaban J connectivity index is 1.64. The smallest absolute Gasteiger partial charge is 0.123 e. The van der Waals surface area contributed by atoms with Gasteiger partial charge < -0.3 is 4.90 Å². The molecular formula is C16H20ClN3S. The highest BCUT2D eigenvalue weighted by Crippen LogP contribution is 2.25. The number of thiazole rings is 1. The van der Waals surface area contributed by atoms with Gasteiger partial charge in [0.2, 0.25) is 0 Å². The maximum Gasteiger partial charge on any atom is 0.123 e. The Morgan fingerprint density at radius 3 is 2.48 bits per heavy atom. The lowest BCUT2D eigenvalue weighted by Crippen LogP contribution is -2.43. The summed E-state index contributed by atoms with van der Waals surface area (Å²) in [4.78, 5) is 9.43. The lowest BCUT2D eigenvalue weighted by atomic mass is 10.1. The van der Waals surface area contributed by atoms with Crippen LogP contribution in [-0.4, -0.2) is 48.0 Å². The van der Waals surface area contributed by atoms with E-state index in [1.54, 1.807) is 11.3 Å². The van der Waals surface area contributed by atoms with E-state index in [-0.39, 0.29) is 0 Å². The summed E-state index contributed by atoms with van der Waals surface area (Å²) in [5.74, 6) is 0.484. The number of piperazine rings is 1. The molecule has 0 spiro atoms. The molecule has 0 atom stereocenters. The van der Waals surface area contributed by atoms with Crippen LogP contribution in [-0.2, 0) is 12.4 Å². The van der Waals surface area contributed by atoms with E-state index in [1.165, 1.54) is 24.2 Å². The molecule has 1 aliphatic heterocycles. The third-order valence-corrected chi connectivity index (χ3v) is 5.11. The summed E-state index contributed by atoms with van der Waals surface area (Å²) in [6.45, 7) is 5.68. The number of likely N-dealkylation sites (N-methyl/N-ethyl adjacent to an activating group) is 1. The number of benzene rings is 1. The third-order valence-electron chi connectivity index (χ3n) is 3.89. The number of nitrogens with zero attached hydrogens (tertiary/aromatic N) is 3. The topological polar surface area (TPSA) is 19.4 Å². The second-order valence-corrected chi connectivity index (χ2v) is 6.68. The van der Waals surface area contributed by atoms with E-state index >= 15 is 0 Å². The lowest BCUT2D eigenvalue weighted by Gasteiger charge is -2.32. The molecule has 0 unspecified atom stereocenters. The minimum absolute atomic E-state index is 0.484. The minimum Gasteiger partial charge on any atom is -0.304 e. The molecule has 5 heteroatoms. The molecule has 3 rings (SSSR count). The maximum atomic E-state index is 5.81. The zero-order valence-electron chi connectivity index (χ0n) is 12.3. The van der Waals surface area contributed by atoms with E-state index in [4.69, 9.17) is 11.6 Å². The first-order chi connectivity index (χ1) is 10.2. The van der Waals surface area contributed by atoms with Crippen LogP contribution in [0.4, 0.5) is 0 Å². The molecule has 1 aliphatic rings. The van der Waals surface area contributed by atoms with Crippen molar-refractivity contribution in [2.24, 2.45) is 0 Å². The zero-order valence-corrected chi connectivity index (χ0v) is 13.8. The van der Waals surface area contributed by atoms with Crippen LogP contribution in [0.2, 0.25) is 0 Å². The molecule has 1 fully saturated rings. The first-order valence-corrected chi connectivity index (χ1v) is 8.66. The molecule has 3 nitrogen and oxygen atoms in total. The zero-order chi connectivity index (χ0) is 14.7. The van der Waals surface area contributed by atoms with E-state index in [9.17, 15) is 0 Å². The predicted molar refractivity (Wildman–Crippen MR) is 89.9 cm³/mol. The van der Waals surface area contributed by atoms with Crippen LogP contribution < -0.4 is 0 Å². The molecule has 112 valence electrons. The Morgan fingerprint density at radius 1 is 1.14 bits per heavy atom. The number of hydrogen-bond acceptors (Lipinski definition) is 4. The summed E-state index contributed by atoms with van der Waals surface area (Å²) < 4.78 is 0. The molecule has 0 amide bonds. The fourth-order valence-electron chi connectivity index (χ4n) is 2.52. The molecule has 1 aromatic carbocycles. The number of aromatic nitrogens is 1. The van der Waals surface area contributed by atoms with Gasteiger partial charge in [0.1, 0.15) is 5.01 Å². The van der Waals surface area contributed by atoms with Crippen molar-refractivity contribution < 1.29 is 0 Å². The molecular weight excluding hydrogens is 302 g/mol. The first kappa shape index (κ1) is 15.0. The Bertz CT molecular complexity index is 573. The molecule has 0 aliphatic carbocycles.